The third kappa shape index (κ3) is 4.90. The minimum atomic E-state index is -0.145. The second-order valence-corrected chi connectivity index (χ2v) is 11.9. The fourth-order valence-electron chi connectivity index (χ4n) is 6.58. The van der Waals surface area contributed by atoms with Gasteiger partial charge in [0.1, 0.15) is 11.2 Å². The molecule has 1 saturated carbocycles. The molecule has 3 fully saturated rings. The predicted molar refractivity (Wildman–Crippen MR) is 160 cm³/mol. The fourth-order valence-corrected chi connectivity index (χ4v) is 6.58. The Balaban J connectivity index is 1.02. The maximum absolute atomic E-state index is 14.0. The molecule has 0 spiro atoms. The van der Waals surface area contributed by atoms with E-state index in [-0.39, 0.29) is 35.9 Å². The molecule has 2 unspecified atom stereocenters. The molecule has 2 aromatic carbocycles. The van der Waals surface area contributed by atoms with Gasteiger partial charge in [-0.05, 0) is 66.8 Å². The molecule has 1 N–H and O–H groups in total. The molecule has 2 saturated heterocycles. The van der Waals surface area contributed by atoms with Crippen molar-refractivity contribution in [3.63, 3.8) is 0 Å². The minimum absolute atomic E-state index is 0.0427. The number of carbonyl (C=O) groups is 2. The number of aryl methyl sites for hydroxylation is 1. The van der Waals surface area contributed by atoms with E-state index in [2.05, 4.69) is 47.7 Å². The molecule has 44 heavy (non-hydrogen) atoms. The van der Waals surface area contributed by atoms with Crippen LogP contribution in [-0.2, 0) is 11.8 Å². The van der Waals surface area contributed by atoms with Crippen molar-refractivity contribution in [1.29, 1.82) is 0 Å². The van der Waals surface area contributed by atoms with Gasteiger partial charge in [0.25, 0.3) is 5.91 Å². The summed E-state index contributed by atoms with van der Waals surface area (Å²) in [5.74, 6) is 1.13. The number of hydrogen-bond acceptors (Lipinski definition) is 9. The zero-order valence-electron chi connectivity index (χ0n) is 24.2. The standard InChI is InChI=1S/C32H31N9O3/c1-39-37-29(36-38-39)28(19-5-3-2-4-6-19)40-17-23-10-11-24(18-40)41(23)32(43)26-15-21(13-14-33-26)31-35-25-16-22(9-12-27(25)44-31)34-30(42)20-7-8-20/h2-6,9,12-16,20,23-24,28H,7-8,10-11,17-18H2,1H3,(H,34,42)/t23?,24?,28-/m0/s1. The second-order valence-electron chi connectivity index (χ2n) is 11.9. The number of tetrazole rings is 1. The highest BCUT2D eigenvalue weighted by Crippen LogP contribution is 2.37. The lowest BCUT2D eigenvalue weighted by molar-refractivity contribution is -0.117. The summed E-state index contributed by atoms with van der Waals surface area (Å²) in [6.45, 7) is 1.40. The first-order valence-electron chi connectivity index (χ1n) is 15.0. The number of pyridine rings is 1. The van der Waals surface area contributed by atoms with Crippen molar-refractivity contribution in [1.82, 2.24) is 40.0 Å². The number of oxazole rings is 1. The highest BCUT2D eigenvalue weighted by Gasteiger charge is 2.45. The Labute approximate surface area is 253 Å². The molecule has 2 aliphatic heterocycles. The largest absolute Gasteiger partial charge is 0.436 e. The Kier molecular flexibility index (Phi) is 6.44. The summed E-state index contributed by atoms with van der Waals surface area (Å²) in [6.07, 6.45) is 5.36. The van der Waals surface area contributed by atoms with Crippen LogP contribution in [0.25, 0.3) is 22.6 Å². The van der Waals surface area contributed by atoms with Gasteiger partial charge in [0.2, 0.25) is 11.8 Å². The van der Waals surface area contributed by atoms with Crippen LogP contribution < -0.4 is 5.32 Å². The van der Waals surface area contributed by atoms with E-state index in [9.17, 15) is 9.59 Å². The van der Waals surface area contributed by atoms with Crippen LogP contribution in [0.1, 0.15) is 53.6 Å². The number of nitrogens with zero attached hydrogens (tertiary/aromatic N) is 8. The summed E-state index contributed by atoms with van der Waals surface area (Å²) in [6, 6.07) is 19.1. The van der Waals surface area contributed by atoms with Crippen LogP contribution in [0.3, 0.4) is 0 Å². The van der Waals surface area contributed by atoms with E-state index in [1.54, 1.807) is 31.4 Å². The van der Waals surface area contributed by atoms with Gasteiger partial charge in [-0.1, -0.05) is 30.3 Å². The zero-order chi connectivity index (χ0) is 29.8. The number of hydrogen-bond donors (Lipinski definition) is 1. The molecule has 3 atom stereocenters. The average molecular weight is 590 g/mol. The van der Waals surface area contributed by atoms with Gasteiger partial charge in [-0.25, -0.2) is 4.98 Å². The number of carbonyl (C=O) groups excluding carboxylic acids is 2. The smallest absolute Gasteiger partial charge is 0.273 e. The fraction of sp³-hybridized carbons (Fsp3) is 0.344. The molecule has 12 nitrogen and oxygen atoms in total. The lowest BCUT2D eigenvalue weighted by Crippen LogP contribution is -2.56. The number of likely N-dealkylation sites (tertiary alicyclic amines) is 1. The first-order chi connectivity index (χ1) is 21.5. The van der Waals surface area contributed by atoms with Crippen LogP contribution in [0, 0.1) is 5.92 Å². The van der Waals surface area contributed by atoms with Crippen molar-refractivity contribution in [3.05, 3.63) is 83.9 Å². The summed E-state index contributed by atoms with van der Waals surface area (Å²) in [7, 11) is 1.77. The summed E-state index contributed by atoms with van der Waals surface area (Å²) in [5, 5.41) is 15.9. The number of amides is 2. The number of fused-ring (bicyclic) bond motifs is 3. The van der Waals surface area contributed by atoms with Gasteiger partial charge in [0.05, 0.1) is 13.1 Å². The highest BCUT2D eigenvalue weighted by atomic mass is 16.3. The topological polar surface area (TPSA) is 135 Å². The molecule has 0 radical (unpaired) electrons. The minimum Gasteiger partial charge on any atom is -0.436 e. The van der Waals surface area contributed by atoms with Crippen LogP contribution in [0.5, 0.6) is 0 Å². The van der Waals surface area contributed by atoms with Gasteiger partial charge < -0.3 is 14.6 Å². The van der Waals surface area contributed by atoms with E-state index in [1.807, 2.05) is 35.2 Å². The first kappa shape index (κ1) is 26.6. The number of benzene rings is 2. The molecule has 8 rings (SSSR count). The SMILES string of the molecule is Cn1nnc([C@H](c2ccccc2)N2CC3CCC(C2)N3C(=O)c2cc(-c3nc4cc(NC(=O)C5CC5)ccc4o3)ccn2)n1. The van der Waals surface area contributed by atoms with Crippen molar-refractivity contribution in [2.45, 2.75) is 43.8 Å². The first-order valence-corrected chi connectivity index (χ1v) is 15.0. The Bertz CT molecular complexity index is 1850. The molecule has 222 valence electrons. The van der Waals surface area contributed by atoms with E-state index in [0.29, 0.717) is 52.8 Å². The molecule has 3 aromatic heterocycles. The normalized spacial score (nSPS) is 20.6. The van der Waals surface area contributed by atoms with E-state index in [0.717, 1.165) is 31.2 Å². The van der Waals surface area contributed by atoms with Gasteiger partial charge in [-0.3, -0.25) is 19.5 Å². The Morgan fingerprint density at radius 3 is 2.50 bits per heavy atom. The Hall–Kier alpha value is -4.97. The maximum Gasteiger partial charge on any atom is 0.273 e. The summed E-state index contributed by atoms with van der Waals surface area (Å²) < 4.78 is 6.03. The number of rotatable bonds is 7. The van der Waals surface area contributed by atoms with Crippen LogP contribution in [-0.4, -0.2) is 77.0 Å². The third-order valence-corrected chi connectivity index (χ3v) is 8.82. The molecule has 2 amide bonds. The highest BCUT2D eigenvalue weighted by molar-refractivity contribution is 5.96. The molecule has 5 heterocycles. The van der Waals surface area contributed by atoms with Gasteiger partial charge in [-0.15, -0.1) is 10.2 Å². The third-order valence-electron chi connectivity index (χ3n) is 8.82. The predicted octanol–water partition coefficient (Wildman–Crippen LogP) is 3.84. The van der Waals surface area contributed by atoms with Crippen molar-refractivity contribution >= 4 is 28.6 Å². The molecule has 1 aliphatic carbocycles. The Morgan fingerprint density at radius 2 is 1.77 bits per heavy atom. The molecular weight excluding hydrogens is 558 g/mol. The van der Waals surface area contributed by atoms with E-state index < -0.39 is 0 Å². The van der Waals surface area contributed by atoms with Crippen molar-refractivity contribution in [2.75, 3.05) is 18.4 Å². The summed E-state index contributed by atoms with van der Waals surface area (Å²) in [5.41, 5.74) is 4.07. The van der Waals surface area contributed by atoms with Gasteiger partial charge >= 0.3 is 0 Å². The van der Waals surface area contributed by atoms with Crippen molar-refractivity contribution in [3.8, 4) is 11.5 Å². The van der Waals surface area contributed by atoms with E-state index >= 15 is 0 Å². The van der Waals surface area contributed by atoms with Crippen LogP contribution >= 0.6 is 0 Å². The molecule has 12 heteroatoms. The molecule has 2 bridgehead atoms. The lowest BCUT2D eigenvalue weighted by Gasteiger charge is -2.43. The molecular formula is C32H31N9O3. The van der Waals surface area contributed by atoms with Crippen LogP contribution in [0.2, 0.25) is 0 Å². The van der Waals surface area contributed by atoms with E-state index in [1.165, 1.54) is 4.80 Å². The second kappa shape index (κ2) is 10.6. The monoisotopic (exact) mass is 589 g/mol. The Morgan fingerprint density at radius 1 is 0.977 bits per heavy atom. The van der Waals surface area contributed by atoms with Crippen molar-refractivity contribution in [2.24, 2.45) is 13.0 Å². The quantitative estimate of drug-likeness (QED) is 0.300. The number of nitrogens with one attached hydrogen (secondary N) is 1. The zero-order valence-corrected chi connectivity index (χ0v) is 24.2. The number of anilines is 1. The lowest BCUT2D eigenvalue weighted by atomic mass is 10.0. The van der Waals surface area contributed by atoms with Gasteiger partial charge in [0, 0.05) is 48.5 Å². The maximum atomic E-state index is 14.0. The number of aromatic nitrogens is 6. The molecule has 3 aliphatic rings. The number of piperazine rings is 1. The average Bonchev–Trinajstić information content (AvgIpc) is 3.60. The van der Waals surface area contributed by atoms with Gasteiger partial charge in [0.15, 0.2) is 11.4 Å². The summed E-state index contributed by atoms with van der Waals surface area (Å²) in [4.78, 5) is 41.1. The molecule has 5 aromatic rings. The van der Waals surface area contributed by atoms with Crippen molar-refractivity contribution < 1.29 is 14.0 Å². The van der Waals surface area contributed by atoms with Gasteiger partial charge in [-0.2, -0.15) is 4.80 Å². The van der Waals surface area contributed by atoms with Crippen LogP contribution in [0.15, 0.2) is 71.3 Å². The van der Waals surface area contributed by atoms with E-state index in [4.69, 9.17) is 4.42 Å². The van der Waals surface area contributed by atoms with Crippen LogP contribution in [0.4, 0.5) is 5.69 Å². The summed E-state index contributed by atoms with van der Waals surface area (Å²) >= 11 is 0.